The van der Waals surface area contributed by atoms with E-state index in [4.69, 9.17) is 9.72 Å². The summed E-state index contributed by atoms with van der Waals surface area (Å²) in [5, 5.41) is 13.1. The predicted molar refractivity (Wildman–Crippen MR) is 187 cm³/mol. The average Bonchev–Trinajstić information content (AvgIpc) is 3.34. The van der Waals surface area contributed by atoms with Crippen molar-refractivity contribution in [1.29, 1.82) is 5.26 Å². The van der Waals surface area contributed by atoms with Crippen LogP contribution in [-0.4, -0.2) is 82.4 Å². The molecule has 1 amide bonds. The van der Waals surface area contributed by atoms with Crippen molar-refractivity contribution in [2.45, 2.75) is 79.5 Å². The van der Waals surface area contributed by atoms with E-state index in [0.717, 1.165) is 30.4 Å². The number of piperazine rings is 1. The van der Waals surface area contributed by atoms with Crippen LogP contribution in [0.5, 0.6) is 0 Å². The molecule has 3 aromatic rings. The second kappa shape index (κ2) is 13.9. The fraction of sp³-hybridized carbons (Fsp3) is 0.514. The SMILES string of the molecule is CC(C)(C)C(=O)c1cn(COCC[Si](C)(C)C)c2ncc(Nc3ccc(C=C(C#N)C(=O)N4CCN(C(C)(C)C)CC4)cc3)nc12. The van der Waals surface area contributed by atoms with Gasteiger partial charge in [0.05, 0.1) is 11.8 Å². The smallest absolute Gasteiger partial charge is 0.264 e. The van der Waals surface area contributed by atoms with Gasteiger partial charge in [-0.3, -0.25) is 14.5 Å². The number of amides is 1. The minimum absolute atomic E-state index is 0.0140. The van der Waals surface area contributed by atoms with Crippen molar-refractivity contribution in [2.75, 3.05) is 38.1 Å². The van der Waals surface area contributed by atoms with Crippen LogP contribution in [0.4, 0.5) is 11.5 Å². The van der Waals surface area contributed by atoms with Gasteiger partial charge in [-0.05, 0) is 50.6 Å². The first-order chi connectivity index (χ1) is 21.5. The van der Waals surface area contributed by atoms with Crippen molar-refractivity contribution < 1.29 is 14.3 Å². The molecule has 0 atom stereocenters. The molecule has 246 valence electrons. The molecule has 1 aliphatic heterocycles. The van der Waals surface area contributed by atoms with Gasteiger partial charge < -0.3 is 19.5 Å². The summed E-state index contributed by atoms with van der Waals surface area (Å²) in [6.07, 6.45) is 5.08. The number of carbonyl (C=O) groups excluding carboxylic acids is 2. The van der Waals surface area contributed by atoms with Crippen LogP contribution < -0.4 is 5.32 Å². The maximum atomic E-state index is 13.4. The lowest BCUT2D eigenvalue weighted by molar-refractivity contribution is -0.129. The number of nitrogens with zero attached hydrogens (tertiary/aromatic N) is 6. The highest BCUT2D eigenvalue weighted by atomic mass is 28.3. The van der Waals surface area contributed by atoms with Crippen molar-refractivity contribution in [3.63, 3.8) is 0 Å². The van der Waals surface area contributed by atoms with E-state index < -0.39 is 13.5 Å². The molecule has 1 fully saturated rings. The van der Waals surface area contributed by atoms with E-state index in [0.29, 0.717) is 49.0 Å². The lowest BCUT2D eigenvalue weighted by atomic mass is 9.87. The average molecular weight is 644 g/mol. The van der Waals surface area contributed by atoms with Gasteiger partial charge in [0.1, 0.15) is 29.7 Å². The zero-order chi connectivity index (χ0) is 33.9. The molecule has 4 rings (SSSR count). The van der Waals surface area contributed by atoms with Gasteiger partial charge in [0.15, 0.2) is 11.4 Å². The van der Waals surface area contributed by atoms with E-state index in [1.807, 2.05) is 49.6 Å². The molecule has 0 saturated carbocycles. The van der Waals surface area contributed by atoms with Gasteiger partial charge in [0.25, 0.3) is 5.91 Å². The fourth-order valence-electron chi connectivity index (χ4n) is 5.19. The molecule has 11 heteroatoms. The van der Waals surface area contributed by atoms with Crippen LogP contribution in [-0.2, 0) is 16.3 Å². The van der Waals surface area contributed by atoms with Gasteiger partial charge in [-0.25, -0.2) is 9.97 Å². The second-order valence-electron chi connectivity index (χ2n) is 15.2. The molecule has 0 radical (unpaired) electrons. The number of ketones is 1. The van der Waals surface area contributed by atoms with E-state index >= 15 is 0 Å². The topological polar surface area (TPSA) is 116 Å². The van der Waals surface area contributed by atoms with Crippen molar-refractivity contribution in [2.24, 2.45) is 5.41 Å². The van der Waals surface area contributed by atoms with Crippen LogP contribution in [0, 0.1) is 16.7 Å². The highest BCUT2D eigenvalue weighted by Gasteiger charge is 2.30. The molecule has 3 heterocycles. The third kappa shape index (κ3) is 8.90. The number of nitrogens with one attached hydrogen (secondary N) is 1. The summed E-state index contributed by atoms with van der Waals surface area (Å²) in [4.78, 5) is 40.1. The standard InChI is InChI=1S/C35H49N7O3Si/c1-34(2,3)31(43)28-23-41(24-45-18-19-46(7,8)9)32-30(28)39-29(22-37-32)38-27-12-10-25(11-13-27)20-26(21-36)33(44)40-14-16-42(17-15-40)35(4,5)6/h10-13,20,22-23H,14-19,24H2,1-9H3,(H,38,39). The van der Waals surface area contributed by atoms with Crippen LogP contribution >= 0.6 is 0 Å². The van der Waals surface area contributed by atoms with E-state index in [1.165, 1.54) is 0 Å². The van der Waals surface area contributed by atoms with Crippen LogP contribution in [0.3, 0.4) is 0 Å². The molecule has 46 heavy (non-hydrogen) atoms. The number of benzene rings is 1. The minimum atomic E-state index is -1.23. The van der Waals surface area contributed by atoms with Crippen molar-refractivity contribution in [1.82, 2.24) is 24.3 Å². The normalized spacial score (nSPS) is 15.2. The van der Waals surface area contributed by atoms with Gasteiger partial charge >= 0.3 is 0 Å². The summed E-state index contributed by atoms with van der Waals surface area (Å²) < 4.78 is 7.83. The number of ether oxygens (including phenoxy) is 1. The third-order valence-electron chi connectivity index (χ3n) is 8.08. The highest BCUT2D eigenvalue weighted by Crippen LogP contribution is 2.28. The van der Waals surface area contributed by atoms with Crippen molar-refractivity contribution >= 4 is 48.5 Å². The molecule has 10 nitrogen and oxygen atoms in total. The Kier molecular flexibility index (Phi) is 10.6. The van der Waals surface area contributed by atoms with Gasteiger partial charge in [0.2, 0.25) is 0 Å². The number of hydrogen-bond donors (Lipinski definition) is 1. The summed E-state index contributed by atoms with van der Waals surface area (Å²) >= 11 is 0. The van der Waals surface area contributed by atoms with Crippen LogP contribution in [0.25, 0.3) is 17.2 Å². The van der Waals surface area contributed by atoms with Crippen LogP contribution in [0.2, 0.25) is 25.7 Å². The predicted octanol–water partition coefficient (Wildman–Crippen LogP) is 6.57. The van der Waals surface area contributed by atoms with Gasteiger partial charge in [-0.1, -0.05) is 52.5 Å². The minimum Gasteiger partial charge on any atom is -0.361 e. The Morgan fingerprint density at radius 1 is 1.04 bits per heavy atom. The van der Waals surface area contributed by atoms with E-state index in [9.17, 15) is 14.9 Å². The first-order valence-corrected chi connectivity index (χ1v) is 19.7. The lowest BCUT2D eigenvalue weighted by Crippen LogP contribution is -2.54. The summed E-state index contributed by atoms with van der Waals surface area (Å²) in [6, 6.07) is 10.6. The Labute approximate surface area is 274 Å². The Morgan fingerprint density at radius 2 is 1.70 bits per heavy atom. The summed E-state index contributed by atoms with van der Waals surface area (Å²) in [6.45, 7) is 22.9. The highest BCUT2D eigenvalue weighted by molar-refractivity contribution is 6.76. The summed E-state index contributed by atoms with van der Waals surface area (Å²) in [5.41, 5.74) is 2.72. The largest absolute Gasteiger partial charge is 0.361 e. The second-order valence-corrected chi connectivity index (χ2v) is 20.9. The van der Waals surface area contributed by atoms with Crippen molar-refractivity contribution in [3.8, 4) is 6.07 Å². The first kappa shape index (κ1) is 35.0. The molecular weight excluding hydrogens is 595 g/mol. The number of aromatic nitrogens is 3. The van der Waals surface area contributed by atoms with Gasteiger partial charge in [-0.15, -0.1) is 0 Å². The number of hydrogen-bond acceptors (Lipinski definition) is 8. The van der Waals surface area contributed by atoms with Crippen LogP contribution in [0.15, 0.2) is 42.2 Å². The fourth-order valence-corrected chi connectivity index (χ4v) is 5.95. The van der Waals surface area contributed by atoms with Crippen LogP contribution in [0.1, 0.15) is 57.5 Å². The van der Waals surface area contributed by atoms with Crippen molar-refractivity contribution in [3.05, 3.63) is 53.4 Å². The van der Waals surface area contributed by atoms with E-state index in [2.05, 4.69) is 61.7 Å². The molecular formula is C35H49N7O3Si. The monoisotopic (exact) mass is 643 g/mol. The Hall–Kier alpha value is -3.85. The molecule has 1 aliphatic rings. The number of carbonyl (C=O) groups is 2. The summed E-state index contributed by atoms with van der Waals surface area (Å²) in [5.74, 6) is 0.245. The molecule has 0 spiro atoms. The number of anilines is 2. The zero-order valence-corrected chi connectivity index (χ0v) is 29.9. The molecule has 0 aliphatic carbocycles. The Balaban J connectivity index is 1.49. The molecule has 1 aromatic carbocycles. The quantitative estimate of drug-likeness (QED) is 0.0868. The maximum Gasteiger partial charge on any atom is 0.264 e. The first-order valence-electron chi connectivity index (χ1n) is 16.0. The lowest BCUT2D eigenvalue weighted by Gasteiger charge is -2.42. The summed E-state index contributed by atoms with van der Waals surface area (Å²) in [7, 11) is -1.23. The number of fused-ring (bicyclic) bond motifs is 1. The molecule has 0 bridgehead atoms. The molecule has 1 saturated heterocycles. The molecule has 0 unspecified atom stereocenters. The third-order valence-corrected chi connectivity index (χ3v) is 9.78. The zero-order valence-electron chi connectivity index (χ0n) is 28.9. The molecule has 1 N–H and O–H groups in total. The van der Waals surface area contributed by atoms with Gasteiger partial charge in [0, 0.05) is 63.7 Å². The number of rotatable bonds is 10. The Bertz CT molecular complexity index is 1630. The van der Waals surface area contributed by atoms with Gasteiger partial charge in [-0.2, -0.15) is 5.26 Å². The number of Topliss-reactive ketones (excluding diaryl/α,β-unsaturated/α-hetero) is 1. The molecule has 2 aromatic heterocycles. The Morgan fingerprint density at radius 3 is 2.26 bits per heavy atom. The van der Waals surface area contributed by atoms with E-state index in [1.54, 1.807) is 23.4 Å². The maximum absolute atomic E-state index is 13.4. The van der Waals surface area contributed by atoms with E-state index in [-0.39, 0.29) is 22.8 Å². The number of nitriles is 1.